The molecule has 168 valence electrons. The van der Waals surface area contributed by atoms with Crippen LogP contribution in [0.5, 0.6) is 11.8 Å². The number of carbonyl (C=O) groups is 2. The number of ether oxygens (including phenoxy) is 2. The monoisotopic (exact) mass is 446 g/mol. The lowest BCUT2D eigenvalue weighted by Gasteiger charge is -2.13. The summed E-state index contributed by atoms with van der Waals surface area (Å²) in [4.78, 5) is 38.5. The Hall–Kier alpha value is -2.99. The number of aromatic carboxylic acids is 1. The van der Waals surface area contributed by atoms with Gasteiger partial charge in [0.2, 0.25) is 11.8 Å². The van der Waals surface area contributed by atoms with Crippen molar-refractivity contribution >= 4 is 24.3 Å². The van der Waals surface area contributed by atoms with Gasteiger partial charge in [-0.3, -0.25) is 9.63 Å². The van der Waals surface area contributed by atoms with Crippen LogP contribution in [0.1, 0.15) is 20.7 Å². The number of carboxylic acids is 1. The van der Waals surface area contributed by atoms with Crippen molar-refractivity contribution in [1.82, 2.24) is 20.5 Å². The summed E-state index contributed by atoms with van der Waals surface area (Å²) in [6.45, 7) is 0. The highest BCUT2D eigenvalue weighted by molar-refractivity contribution is 5.93. The molecule has 2 heterocycles. The molecule has 2 aromatic heterocycles. The lowest BCUT2D eigenvalue weighted by atomic mass is 10.3. The molecule has 0 spiro atoms. The lowest BCUT2D eigenvalue weighted by molar-refractivity contribution is -0.0757. The Morgan fingerprint density at radius 1 is 0.933 bits per heavy atom. The fourth-order valence-corrected chi connectivity index (χ4v) is 1.52. The maximum Gasteiger partial charge on any atom is 0.337 e. The summed E-state index contributed by atoms with van der Waals surface area (Å²) in [6, 6.07) is 6.19. The van der Waals surface area contributed by atoms with Gasteiger partial charge < -0.3 is 19.4 Å². The summed E-state index contributed by atoms with van der Waals surface area (Å²) in [7, 11) is 9.23. The van der Waals surface area contributed by atoms with Gasteiger partial charge >= 0.3 is 5.97 Å². The Bertz CT molecular complexity index is 728. The van der Waals surface area contributed by atoms with Crippen molar-refractivity contribution in [2.75, 3.05) is 42.5 Å². The number of amides is 1. The van der Waals surface area contributed by atoms with Crippen molar-refractivity contribution in [3.63, 3.8) is 0 Å². The van der Waals surface area contributed by atoms with Crippen LogP contribution in [-0.2, 0) is 9.68 Å². The molecule has 0 aromatic carbocycles. The second kappa shape index (κ2) is 16.9. The third kappa shape index (κ3) is 11.1. The minimum absolute atomic E-state index is 0. The highest BCUT2D eigenvalue weighted by atomic mass is 35.5. The summed E-state index contributed by atoms with van der Waals surface area (Å²) in [5.41, 5.74) is 3.04. The first-order valence-corrected chi connectivity index (χ1v) is 8.09. The van der Waals surface area contributed by atoms with E-state index in [0.717, 1.165) is 5.06 Å². The van der Waals surface area contributed by atoms with E-state index < -0.39 is 5.97 Å². The normalized spacial score (nSPS) is 8.87. The van der Waals surface area contributed by atoms with E-state index in [1.165, 1.54) is 52.9 Å². The van der Waals surface area contributed by atoms with Gasteiger partial charge in [-0.05, 0) is 12.1 Å². The maximum absolute atomic E-state index is 11.5. The zero-order valence-corrected chi connectivity index (χ0v) is 18.4. The van der Waals surface area contributed by atoms with E-state index in [1.807, 2.05) is 0 Å². The van der Waals surface area contributed by atoms with Crippen LogP contribution >= 0.6 is 12.4 Å². The van der Waals surface area contributed by atoms with Crippen molar-refractivity contribution in [3.8, 4) is 11.8 Å². The van der Waals surface area contributed by atoms with Crippen LogP contribution < -0.4 is 15.0 Å². The minimum Gasteiger partial charge on any atom is -0.481 e. The minimum atomic E-state index is -0.986. The predicted octanol–water partition coefficient (Wildman–Crippen LogP) is 1.70. The van der Waals surface area contributed by atoms with E-state index in [4.69, 9.17) is 19.4 Å². The Morgan fingerprint density at radius 2 is 1.37 bits per heavy atom. The smallest absolute Gasteiger partial charge is 0.337 e. The summed E-state index contributed by atoms with van der Waals surface area (Å²) in [6.07, 6.45) is 2.69. The number of carboxylic acid groups (broad SMARTS) is 1. The second-order valence-electron chi connectivity index (χ2n) is 4.88. The molecule has 0 atom stereocenters. The average molecular weight is 447 g/mol. The Kier molecular flexibility index (Phi) is 16.5. The molecule has 30 heavy (non-hydrogen) atoms. The topological polar surface area (TPSA) is 132 Å². The summed E-state index contributed by atoms with van der Waals surface area (Å²) >= 11 is 0. The van der Waals surface area contributed by atoms with Gasteiger partial charge in [-0.1, -0.05) is 0 Å². The van der Waals surface area contributed by atoms with Crippen LogP contribution in [0.2, 0.25) is 0 Å². The largest absolute Gasteiger partial charge is 0.481 e. The van der Waals surface area contributed by atoms with Crippen LogP contribution in [0, 0.1) is 0 Å². The first-order chi connectivity index (χ1) is 13.8. The number of hydrogen-bond donors (Lipinski definition) is 2. The molecular weight excluding hydrogens is 420 g/mol. The number of nitrogens with one attached hydrogen (secondary N) is 1. The molecular formula is C18H27ClN4O7. The molecule has 1 amide bonds. The van der Waals surface area contributed by atoms with Crippen LogP contribution in [0.4, 0.5) is 0 Å². The fraction of sp³-hybridized carbons (Fsp3) is 0.333. The molecule has 2 rings (SSSR count). The van der Waals surface area contributed by atoms with Gasteiger partial charge in [0.15, 0.2) is 0 Å². The van der Waals surface area contributed by atoms with E-state index in [9.17, 15) is 9.59 Å². The number of halogens is 1. The molecule has 0 aliphatic rings. The van der Waals surface area contributed by atoms with Crippen LogP contribution in [-0.4, -0.2) is 74.5 Å². The van der Waals surface area contributed by atoms with Crippen molar-refractivity contribution in [1.29, 1.82) is 0 Å². The van der Waals surface area contributed by atoms with E-state index in [2.05, 4.69) is 20.3 Å². The molecule has 0 fully saturated rings. The average Bonchev–Trinajstić information content (AvgIpc) is 2.78. The number of hydrogen-bond acceptors (Lipinski definition) is 9. The molecule has 2 aromatic rings. The first-order valence-electron chi connectivity index (χ1n) is 8.09. The van der Waals surface area contributed by atoms with Crippen LogP contribution in [0.25, 0.3) is 0 Å². The molecule has 0 saturated carbocycles. The fourth-order valence-electron chi connectivity index (χ4n) is 1.52. The van der Waals surface area contributed by atoms with Gasteiger partial charge in [0.05, 0.1) is 39.6 Å². The molecule has 0 radical (unpaired) electrons. The van der Waals surface area contributed by atoms with E-state index in [0.29, 0.717) is 17.3 Å². The summed E-state index contributed by atoms with van der Waals surface area (Å²) in [5.74, 6) is -0.348. The van der Waals surface area contributed by atoms with E-state index in [-0.39, 0.29) is 23.9 Å². The second-order valence-corrected chi connectivity index (χ2v) is 4.88. The van der Waals surface area contributed by atoms with Crippen LogP contribution in [0.3, 0.4) is 0 Å². The van der Waals surface area contributed by atoms with Crippen molar-refractivity contribution in [3.05, 3.63) is 47.8 Å². The van der Waals surface area contributed by atoms with Gasteiger partial charge in [-0.15, -0.1) is 12.4 Å². The third-order valence-corrected chi connectivity index (χ3v) is 3.15. The molecule has 0 unspecified atom stereocenters. The van der Waals surface area contributed by atoms with Crippen molar-refractivity contribution in [2.45, 2.75) is 0 Å². The standard InChI is InChI=1S/C9H12N2O3.C7H7NO3.C2H7NO.ClH/c1-11(14-3)9(12)7-4-5-8(13-2)10-6-7;1-11-6-3-2-5(4-8-6)7(9)10;1-3-4-2;/h4-6H,1-3H3;2-4H,1H3,(H,9,10);3H,1-2H3;1H. The zero-order valence-electron chi connectivity index (χ0n) is 17.6. The molecule has 12 heteroatoms. The highest BCUT2D eigenvalue weighted by Gasteiger charge is 2.11. The van der Waals surface area contributed by atoms with E-state index in [1.54, 1.807) is 26.3 Å². The predicted molar refractivity (Wildman–Crippen MR) is 111 cm³/mol. The quantitative estimate of drug-likeness (QED) is 0.631. The van der Waals surface area contributed by atoms with Crippen LogP contribution in [0.15, 0.2) is 36.7 Å². The molecule has 0 bridgehead atoms. The number of rotatable bonds is 6. The van der Waals surface area contributed by atoms with Gasteiger partial charge in [0, 0.05) is 38.6 Å². The number of carbonyl (C=O) groups excluding carboxylic acids is 1. The molecule has 2 N–H and O–H groups in total. The van der Waals surface area contributed by atoms with Crippen molar-refractivity contribution < 1.29 is 33.8 Å². The number of aromatic nitrogens is 2. The van der Waals surface area contributed by atoms with Gasteiger partial charge in [0.25, 0.3) is 5.91 Å². The summed E-state index contributed by atoms with van der Waals surface area (Å²) in [5, 5.41) is 9.60. The number of nitrogens with zero attached hydrogens (tertiary/aromatic N) is 3. The number of hydroxylamine groups is 3. The van der Waals surface area contributed by atoms with Crippen molar-refractivity contribution in [2.24, 2.45) is 0 Å². The Labute approximate surface area is 181 Å². The zero-order chi connectivity index (χ0) is 22.2. The molecule has 0 saturated heterocycles. The van der Waals surface area contributed by atoms with Gasteiger partial charge in [-0.2, -0.15) is 0 Å². The Balaban J connectivity index is 0. The molecule has 0 aliphatic heterocycles. The number of pyridine rings is 2. The highest BCUT2D eigenvalue weighted by Crippen LogP contribution is 2.08. The lowest BCUT2D eigenvalue weighted by Crippen LogP contribution is -2.25. The number of methoxy groups -OCH3 is 2. The summed E-state index contributed by atoms with van der Waals surface area (Å²) < 4.78 is 9.61. The molecule has 11 nitrogen and oxygen atoms in total. The van der Waals surface area contributed by atoms with Gasteiger partial charge in [-0.25, -0.2) is 25.3 Å². The third-order valence-electron chi connectivity index (χ3n) is 3.15. The maximum atomic E-state index is 11.5. The molecule has 0 aliphatic carbocycles. The first kappa shape index (κ1) is 29.2. The van der Waals surface area contributed by atoms with E-state index >= 15 is 0 Å². The van der Waals surface area contributed by atoms with Gasteiger partial charge in [0.1, 0.15) is 0 Å². The SMILES string of the molecule is CNOC.COc1ccc(C(=O)N(C)OC)cn1.COc1ccc(C(=O)O)cn1.Cl. The Morgan fingerprint density at radius 3 is 1.63 bits per heavy atom.